The van der Waals surface area contributed by atoms with E-state index < -0.39 is 24.6 Å². The van der Waals surface area contributed by atoms with Crippen molar-refractivity contribution < 1.29 is 23.9 Å². The maximum absolute atomic E-state index is 12.6. The monoisotopic (exact) mass is 390 g/mol. The molecular weight excluding hydrogens is 368 g/mol. The fourth-order valence-corrected chi connectivity index (χ4v) is 4.49. The number of aromatic nitrogens is 1. The van der Waals surface area contributed by atoms with Crippen molar-refractivity contribution in [2.75, 3.05) is 13.2 Å². The number of hydrogen-bond donors (Lipinski definition) is 1. The summed E-state index contributed by atoms with van der Waals surface area (Å²) in [5.41, 5.74) is 0.934. The summed E-state index contributed by atoms with van der Waals surface area (Å²) in [5.74, 6) is -1.45. The molecule has 0 bridgehead atoms. The van der Waals surface area contributed by atoms with Gasteiger partial charge in [-0.1, -0.05) is 25.0 Å². The summed E-state index contributed by atoms with van der Waals surface area (Å²) in [6.07, 6.45) is 2.71. The number of amides is 2. The van der Waals surface area contributed by atoms with E-state index in [4.69, 9.17) is 9.72 Å². The number of ether oxygens (including phenoxy) is 2. The molecule has 1 N–H and O–H groups in total. The molecule has 3 rings (SSSR count). The Morgan fingerprint density at radius 1 is 1.19 bits per heavy atom. The van der Waals surface area contributed by atoms with E-state index in [1.165, 1.54) is 0 Å². The van der Waals surface area contributed by atoms with E-state index in [0.717, 1.165) is 34.5 Å². The zero-order chi connectivity index (χ0) is 19.2. The molecule has 27 heavy (non-hydrogen) atoms. The molecule has 1 aliphatic carbocycles. The molecule has 144 valence electrons. The fourth-order valence-electron chi connectivity index (χ4n) is 3.32. The van der Waals surface area contributed by atoms with Crippen LogP contribution in [0.3, 0.4) is 0 Å². The fraction of sp³-hybridized carbons (Fsp3) is 0.474. The summed E-state index contributed by atoms with van der Waals surface area (Å²) in [6.45, 7) is 1.29. The number of alkyl carbamates (subject to hydrolysis) is 1. The third kappa shape index (κ3) is 4.82. The Bertz CT molecular complexity index is 801. The normalized spacial score (nSPS) is 19.4. The molecule has 0 radical (unpaired) electrons. The van der Waals surface area contributed by atoms with Gasteiger partial charge in [-0.3, -0.25) is 14.9 Å². The Kier molecular flexibility index (Phi) is 6.39. The third-order valence-electron chi connectivity index (χ3n) is 4.56. The Morgan fingerprint density at radius 2 is 1.96 bits per heavy atom. The van der Waals surface area contributed by atoms with Crippen LogP contribution in [0.2, 0.25) is 0 Å². The number of thiazole rings is 1. The quantitative estimate of drug-likeness (QED) is 0.787. The maximum Gasteiger partial charge on any atom is 0.413 e. The number of imide groups is 1. The molecule has 1 heterocycles. The molecule has 1 saturated carbocycles. The predicted molar refractivity (Wildman–Crippen MR) is 100 cm³/mol. The first-order valence-corrected chi connectivity index (χ1v) is 9.89. The predicted octanol–water partition coefficient (Wildman–Crippen LogP) is 3.39. The number of carbonyl (C=O) groups is 3. The summed E-state index contributed by atoms with van der Waals surface area (Å²) >= 11 is 1.60. The lowest BCUT2D eigenvalue weighted by Gasteiger charge is -2.28. The standard InChI is InChI=1S/C19H22N2O5S/c1-2-25-19(24)21-16(22)11-26-18(23)13-8-4-3-7-12(13)17-20-14-9-5-6-10-15(14)27-17/h5-6,9-10,12-13H,2-4,7-8,11H2,1H3,(H,21,22,24)/t12-,13+/m0/s1. The molecule has 7 nitrogen and oxygen atoms in total. The Balaban J connectivity index is 1.63. The van der Waals surface area contributed by atoms with Crippen molar-refractivity contribution >= 4 is 39.5 Å². The van der Waals surface area contributed by atoms with Crippen molar-refractivity contribution in [2.24, 2.45) is 5.92 Å². The van der Waals surface area contributed by atoms with E-state index in [-0.39, 0.29) is 18.4 Å². The highest BCUT2D eigenvalue weighted by Crippen LogP contribution is 2.41. The molecule has 0 spiro atoms. The van der Waals surface area contributed by atoms with E-state index in [1.54, 1.807) is 18.3 Å². The van der Waals surface area contributed by atoms with Crippen LogP contribution in [-0.2, 0) is 19.1 Å². The van der Waals surface area contributed by atoms with E-state index in [1.807, 2.05) is 29.6 Å². The molecule has 0 saturated heterocycles. The van der Waals surface area contributed by atoms with Gasteiger partial charge in [0.05, 0.1) is 27.7 Å². The number of hydrogen-bond acceptors (Lipinski definition) is 7. The first-order valence-electron chi connectivity index (χ1n) is 9.07. The average Bonchev–Trinajstić information content (AvgIpc) is 3.10. The van der Waals surface area contributed by atoms with Gasteiger partial charge in [-0.15, -0.1) is 11.3 Å². The second-order valence-electron chi connectivity index (χ2n) is 6.39. The third-order valence-corrected chi connectivity index (χ3v) is 5.73. The molecule has 2 atom stereocenters. The van der Waals surface area contributed by atoms with Crippen LogP contribution in [0.1, 0.15) is 43.5 Å². The highest BCUT2D eigenvalue weighted by molar-refractivity contribution is 7.18. The van der Waals surface area contributed by atoms with Crippen LogP contribution in [0.15, 0.2) is 24.3 Å². The molecule has 1 fully saturated rings. The molecule has 1 aliphatic rings. The second kappa shape index (κ2) is 8.94. The van der Waals surface area contributed by atoms with Gasteiger partial charge in [0.15, 0.2) is 6.61 Å². The van der Waals surface area contributed by atoms with Crippen molar-refractivity contribution in [1.29, 1.82) is 0 Å². The number of carbonyl (C=O) groups excluding carboxylic acids is 3. The summed E-state index contributed by atoms with van der Waals surface area (Å²) in [6, 6.07) is 7.90. The van der Waals surface area contributed by atoms with Crippen molar-refractivity contribution in [3.8, 4) is 0 Å². The maximum atomic E-state index is 12.6. The van der Waals surface area contributed by atoms with Crippen LogP contribution in [0.5, 0.6) is 0 Å². The Morgan fingerprint density at radius 3 is 2.74 bits per heavy atom. The number of fused-ring (bicyclic) bond motifs is 1. The molecular formula is C19H22N2O5S. The lowest BCUT2D eigenvalue weighted by molar-refractivity contribution is -0.154. The highest BCUT2D eigenvalue weighted by atomic mass is 32.1. The Labute approximate surface area is 161 Å². The van der Waals surface area contributed by atoms with Crippen molar-refractivity contribution in [2.45, 2.75) is 38.5 Å². The SMILES string of the molecule is CCOC(=O)NC(=O)COC(=O)[C@@H]1CCCC[C@@H]1c1nc2ccccc2s1. The molecule has 1 aromatic heterocycles. The number of para-hydroxylation sites is 1. The van der Waals surface area contributed by atoms with Crippen molar-refractivity contribution in [3.05, 3.63) is 29.3 Å². The van der Waals surface area contributed by atoms with Gasteiger partial charge in [-0.05, 0) is 31.9 Å². The van der Waals surface area contributed by atoms with Crippen LogP contribution in [0.25, 0.3) is 10.2 Å². The summed E-state index contributed by atoms with van der Waals surface area (Å²) < 4.78 is 10.9. The van der Waals surface area contributed by atoms with Gasteiger partial charge in [0, 0.05) is 5.92 Å². The average molecular weight is 390 g/mol. The zero-order valence-corrected chi connectivity index (χ0v) is 15.9. The van der Waals surface area contributed by atoms with Gasteiger partial charge in [-0.25, -0.2) is 9.78 Å². The van der Waals surface area contributed by atoms with Crippen LogP contribution >= 0.6 is 11.3 Å². The summed E-state index contributed by atoms with van der Waals surface area (Å²) in [4.78, 5) is 40.2. The molecule has 2 aromatic rings. The Hall–Kier alpha value is -2.48. The van der Waals surface area contributed by atoms with Crippen molar-refractivity contribution in [1.82, 2.24) is 10.3 Å². The summed E-state index contributed by atoms with van der Waals surface area (Å²) in [7, 11) is 0. The number of rotatable bonds is 5. The highest BCUT2D eigenvalue weighted by Gasteiger charge is 2.35. The lowest BCUT2D eigenvalue weighted by atomic mass is 9.79. The van der Waals surface area contributed by atoms with E-state index in [0.29, 0.717) is 6.42 Å². The minimum Gasteiger partial charge on any atom is -0.455 e. The number of esters is 1. The molecule has 2 amide bonds. The van der Waals surface area contributed by atoms with Crippen molar-refractivity contribution in [3.63, 3.8) is 0 Å². The van der Waals surface area contributed by atoms with E-state index in [9.17, 15) is 14.4 Å². The van der Waals surface area contributed by atoms with Gasteiger partial charge < -0.3 is 9.47 Å². The lowest BCUT2D eigenvalue weighted by Crippen LogP contribution is -2.36. The minimum atomic E-state index is -0.844. The van der Waals surface area contributed by atoms with Gasteiger partial charge in [0.2, 0.25) is 0 Å². The number of nitrogens with zero attached hydrogens (tertiary/aromatic N) is 1. The topological polar surface area (TPSA) is 94.6 Å². The van der Waals surface area contributed by atoms with Crippen LogP contribution in [0.4, 0.5) is 4.79 Å². The first kappa shape index (κ1) is 19.3. The van der Waals surface area contributed by atoms with Crippen LogP contribution < -0.4 is 5.32 Å². The summed E-state index contributed by atoms with van der Waals surface area (Å²) in [5, 5.41) is 2.95. The molecule has 8 heteroatoms. The zero-order valence-electron chi connectivity index (χ0n) is 15.1. The minimum absolute atomic E-state index is 0.00299. The van der Waals surface area contributed by atoms with E-state index in [2.05, 4.69) is 4.74 Å². The smallest absolute Gasteiger partial charge is 0.413 e. The first-order chi connectivity index (χ1) is 13.1. The number of nitrogens with one attached hydrogen (secondary N) is 1. The van der Waals surface area contributed by atoms with Gasteiger partial charge in [-0.2, -0.15) is 0 Å². The van der Waals surface area contributed by atoms with Gasteiger partial charge in [0.1, 0.15) is 0 Å². The van der Waals surface area contributed by atoms with Gasteiger partial charge in [0.25, 0.3) is 5.91 Å². The number of benzene rings is 1. The second-order valence-corrected chi connectivity index (χ2v) is 7.46. The van der Waals surface area contributed by atoms with Gasteiger partial charge >= 0.3 is 12.1 Å². The van der Waals surface area contributed by atoms with E-state index >= 15 is 0 Å². The molecule has 0 aliphatic heterocycles. The molecule has 0 unspecified atom stereocenters. The van der Waals surface area contributed by atoms with Crippen LogP contribution in [-0.4, -0.2) is 36.2 Å². The molecule has 1 aromatic carbocycles. The van der Waals surface area contributed by atoms with Crippen LogP contribution in [0, 0.1) is 5.92 Å². The largest absolute Gasteiger partial charge is 0.455 e.